The molecular formula is C10H18ClN3O2. The first-order valence-corrected chi connectivity index (χ1v) is 6.15. The van der Waals surface area contributed by atoms with Crippen molar-refractivity contribution in [3.63, 3.8) is 0 Å². The number of nitroso groups, excluding NO2 is 1. The Kier molecular flexibility index (Phi) is 4.99. The van der Waals surface area contributed by atoms with Crippen LogP contribution in [0.25, 0.3) is 0 Å². The van der Waals surface area contributed by atoms with Crippen molar-refractivity contribution in [1.82, 2.24) is 10.3 Å². The first-order valence-electron chi connectivity index (χ1n) is 5.61. The van der Waals surface area contributed by atoms with Gasteiger partial charge in [0.05, 0.1) is 10.8 Å². The van der Waals surface area contributed by atoms with E-state index in [2.05, 4.69) is 10.6 Å². The normalized spacial score (nSPS) is 18.9. The number of rotatable bonds is 4. The first-order chi connectivity index (χ1) is 7.70. The highest BCUT2D eigenvalue weighted by molar-refractivity contribution is 6.17. The van der Waals surface area contributed by atoms with Crippen molar-refractivity contribution in [2.45, 2.75) is 44.1 Å². The van der Waals surface area contributed by atoms with Gasteiger partial charge in [0, 0.05) is 12.9 Å². The number of carbonyl (C=O) groups excluding carboxylic acids is 1. The number of hydrogen-bond donors (Lipinski definition) is 1. The van der Waals surface area contributed by atoms with Crippen LogP contribution in [-0.2, 0) is 0 Å². The summed E-state index contributed by atoms with van der Waals surface area (Å²) in [4.78, 5) is 22.5. The molecule has 1 rings (SSSR count). The van der Waals surface area contributed by atoms with E-state index in [1.807, 2.05) is 0 Å². The Balaban J connectivity index is 2.87. The second kappa shape index (κ2) is 6.03. The summed E-state index contributed by atoms with van der Waals surface area (Å²) in [7, 11) is 1.50. The van der Waals surface area contributed by atoms with Crippen molar-refractivity contribution in [1.29, 1.82) is 0 Å². The zero-order valence-corrected chi connectivity index (χ0v) is 10.3. The van der Waals surface area contributed by atoms with Crippen LogP contribution in [0.2, 0.25) is 0 Å². The Labute approximate surface area is 100 Å². The van der Waals surface area contributed by atoms with Crippen molar-refractivity contribution in [2.24, 2.45) is 5.29 Å². The maximum Gasteiger partial charge on any atom is 0.340 e. The van der Waals surface area contributed by atoms with Gasteiger partial charge in [0.1, 0.15) is 0 Å². The van der Waals surface area contributed by atoms with E-state index in [0.717, 1.165) is 37.1 Å². The van der Waals surface area contributed by atoms with Crippen LogP contribution in [0, 0.1) is 4.91 Å². The molecule has 0 saturated heterocycles. The summed E-state index contributed by atoms with van der Waals surface area (Å²) in [6.07, 6.45) is 5.40. The molecule has 0 aromatic heterocycles. The van der Waals surface area contributed by atoms with E-state index in [-0.39, 0.29) is 0 Å². The SMILES string of the molecule is CNC(=O)N(N=O)C1(CCCl)CCCCC1. The smallest absolute Gasteiger partial charge is 0.339 e. The average Bonchev–Trinajstić information content (AvgIpc) is 2.31. The number of hydrogen-bond acceptors (Lipinski definition) is 3. The molecule has 0 unspecified atom stereocenters. The van der Waals surface area contributed by atoms with E-state index in [4.69, 9.17) is 11.6 Å². The number of amides is 2. The van der Waals surface area contributed by atoms with Crippen LogP contribution in [0.4, 0.5) is 4.79 Å². The molecule has 1 saturated carbocycles. The Morgan fingerprint density at radius 2 is 2.06 bits per heavy atom. The molecule has 0 spiro atoms. The van der Waals surface area contributed by atoms with Gasteiger partial charge >= 0.3 is 6.03 Å². The Hall–Kier alpha value is -0.840. The molecule has 1 aliphatic rings. The predicted molar refractivity (Wildman–Crippen MR) is 63.2 cm³/mol. The lowest BCUT2D eigenvalue weighted by Gasteiger charge is -2.41. The third-order valence-corrected chi connectivity index (χ3v) is 3.47. The fraction of sp³-hybridized carbons (Fsp3) is 0.900. The molecule has 5 nitrogen and oxygen atoms in total. The summed E-state index contributed by atoms with van der Waals surface area (Å²) in [6.45, 7) is 0. The van der Waals surface area contributed by atoms with Gasteiger partial charge < -0.3 is 5.32 Å². The van der Waals surface area contributed by atoms with E-state index in [1.54, 1.807) is 0 Å². The van der Waals surface area contributed by atoms with Gasteiger partial charge in [0.15, 0.2) is 0 Å². The fourth-order valence-electron chi connectivity index (χ4n) is 2.40. The van der Waals surface area contributed by atoms with Crippen molar-refractivity contribution >= 4 is 17.6 Å². The highest BCUT2D eigenvalue weighted by Crippen LogP contribution is 2.37. The molecule has 92 valence electrons. The molecule has 0 heterocycles. The van der Waals surface area contributed by atoms with Gasteiger partial charge in [-0.15, -0.1) is 16.5 Å². The molecular weight excluding hydrogens is 230 g/mol. The van der Waals surface area contributed by atoms with Crippen molar-refractivity contribution in [3.05, 3.63) is 4.91 Å². The highest BCUT2D eigenvalue weighted by Gasteiger charge is 2.41. The third kappa shape index (κ3) is 2.64. The number of nitrogens with zero attached hydrogens (tertiary/aromatic N) is 2. The summed E-state index contributed by atoms with van der Waals surface area (Å²) in [5, 5.41) is 6.38. The zero-order valence-electron chi connectivity index (χ0n) is 9.54. The topological polar surface area (TPSA) is 61.8 Å². The maximum atomic E-state index is 11.6. The van der Waals surface area contributed by atoms with Crippen molar-refractivity contribution in [3.8, 4) is 0 Å². The van der Waals surface area contributed by atoms with E-state index in [0.29, 0.717) is 12.3 Å². The van der Waals surface area contributed by atoms with Gasteiger partial charge in [-0.3, -0.25) is 0 Å². The number of urea groups is 1. The predicted octanol–water partition coefficient (Wildman–Crippen LogP) is 2.64. The van der Waals surface area contributed by atoms with E-state index < -0.39 is 11.6 Å². The van der Waals surface area contributed by atoms with Crippen LogP contribution in [0.1, 0.15) is 38.5 Å². The lowest BCUT2D eigenvalue weighted by atomic mass is 9.79. The summed E-state index contributed by atoms with van der Waals surface area (Å²) in [5.41, 5.74) is -0.470. The van der Waals surface area contributed by atoms with Gasteiger partial charge in [-0.25, -0.2) is 4.79 Å². The molecule has 1 fully saturated rings. The minimum absolute atomic E-state index is 0.434. The summed E-state index contributed by atoms with van der Waals surface area (Å²) in [5.74, 6) is 0.434. The lowest BCUT2D eigenvalue weighted by Crippen LogP contribution is -2.52. The molecule has 0 aliphatic heterocycles. The Morgan fingerprint density at radius 3 is 2.50 bits per heavy atom. The van der Waals surface area contributed by atoms with E-state index in [9.17, 15) is 9.70 Å². The molecule has 0 aromatic rings. The minimum atomic E-state index is -0.470. The first kappa shape index (κ1) is 13.2. The monoisotopic (exact) mass is 247 g/mol. The average molecular weight is 248 g/mol. The Bertz CT molecular complexity index is 249. The van der Waals surface area contributed by atoms with Gasteiger partial charge in [0.25, 0.3) is 0 Å². The molecule has 0 atom stereocenters. The molecule has 2 amide bonds. The van der Waals surface area contributed by atoms with Crippen LogP contribution in [0.5, 0.6) is 0 Å². The van der Waals surface area contributed by atoms with E-state index >= 15 is 0 Å². The van der Waals surface area contributed by atoms with Crippen LogP contribution >= 0.6 is 11.6 Å². The van der Waals surface area contributed by atoms with Crippen LogP contribution in [0.3, 0.4) is 0 Å². The van der Waals surface area contributed by atoms with Gasteiger partial charge in [-0.1, -0.05) is 19.3 Å². The quantitative estimate of drug-likeness (QED) is 0.472. The minimum Gasteiger partial charge on any atom is -0.339 e. The van der Waals surface area contributed by atoms with Crippen LogP contribution < -0.4 is 5.32 Å². The standard InChI is InChI=1S/C10H18ClN3O2/c1-12-9(15)14(13-16)10(7-8-11)5-3-2-4-6-10/h2-8H2,1H3,(H,12,15). The summed E-state index contributed by atoms with van der Waals surface area (Å²) in [6, 6.07) is -0.443. The highest BCUT2D eigenvalue weighted by atomic mass is 35.5. The van der Waals surface area contributed by atoms with Gasteiger partial charge in [-0.2, -0.15) is 5.01 Å². The molecule has 0 bridgehead atoms. The Morgan fingerprint density at radius 1 is 1.44 bits per heavy atom. The molecule has 0 radical (unpaired) electrons. The third-order valence-electron chi connectivity index (χ3n) is 3.28. The fourth-order valence-corrected chi connectivity index (χ4v) is 2.75. The van der Waals surface area contributed by atoms with E-state index in [1.165, 1.54) is 7.05 Å². The molecule has 1 N–H and O–H groups in total. The van der Waals surface area contributed by atoms with Crippen molar-refractivity contribution < 1.29 is 4.79 Å². The molecule has 1 aliphatic carbocycles. The number of alkyl halides is 1. The lowest BCUT2D eigenvalue weighted by molar-refractivity contribution is 0.0763. The molecule has 0 aromatic carbocycles. The van der Waals surface area contributed by atoms with Crippen molar-refractivity contribution in [2.75, 3.05) is 12.9 Å². The molecule has 6 heteroatoms. The second-order valence-corrected chi connectivity index (χ2v) is 4.55. The zero-order chi connectivity index (χ0) is 12.0. The second-order valence-electron chi connectivity index (χ2n) is 4.17. The van der Waals surface area contributed by atoms with Crippen LogP contribution in [0.15, 0.2) is 5.29 Å². The van der Waals surface area contributed by atoms with Gasteiger partial charge in [0.2, 0.25) is 0 Å². The summed E-state index contributed by atoms with van der Waals surface area (Å²) < 4.78 is 0. The number of carbonyl (C=O) groups is 1. The van der Waals surface area contributed by atoms with Gasteiger partial charge in [-0.05, 0) is 19.3 Å². The number of nitrogens with one attached hydrogen (secondary N) is 1. The number of halogens is 1. The van der Waals surface area contributed by atoms with Crippen LogP contribution in [-0.4, -0.2) is 29.5 Å². The largest absolute Gasteiger partial charge is 0.340 e. The summed E-state index contributed by atoms with van der Waals surface area (Å²) >= 11 is 5.77. The maximum absolute atomic E-state index is 11.6. The molecule has 16 heavy (non-hydrogen) atoms.